The maximum atomic E-state index is 6.51. The summed E-state index contributed by atoms with van der Waals surface area (Å²) in [5.74, 6) is 0.707. The van der Waals surface area contributed by atoms with Crippen LogP contribution in [0.1, 0.15) is 16.5 Å². The number of halogens is 4. The van der Waals surface area contributed by atoms with Gasteiger partial charge in [-0.3, -0.25) is 0 Å². The Morgan fingerprint density at radius 3 is 2.47 bits per heavy atom. The fraction of sp³-hybridized carbons (Fsp3) is 0.143. The summed E-state index contributed by atoms with van der Waals surface area (Å²) >= 11 is 20.8. The Bertz CT molecular complexity index is 601. The van der Waals surface area contributed by atoms with Crippen molar-refractivity contribution in [2.24, 2.45) is 0 Å². The zero-order valence-electron chi connectivity index (χ0n) is 9.96. The summed E-state index contributed by atoms with van der Waals surface area (Å²) in [5.41, 5.74) is 1.74. The molecule has 0 heterocycles. The Morgan fingerprint density at radius 1 is 1.11 bits per heavy atom. The minimum Gasteiger partial charge on any atom is -0.496 e. The lowest BCUT2D eigenvalue weighted by Crippen LogP contribution is -1.98. The molecule has 1 unspecified atom stereocenters. The van der Waals surface area contributed by atoms with Gasteiger partial charge in [-0.2, -0.15) is 0 Å². The first-order valence-electron chi connectivity index (χ1n) is 5.45. The van der Waals surface area contributed by atoms with E-state index in [0.29, 0.717) is 15.8 Å². The molecule has 19 heavy (non-hydrogen) atoms. The van der Waals surface area contributed by atoms with Gasteiger partial charge in [0.15, 0.2) is 0 Å². The highest BCUT2D eigenvalue weighted by molar-refractivity contribution is 14.1. The fourth-order valence-electron chi connectivity index (χ4n) is 1.75. The fourth-order valence-corrected chi connectivity index (χ4v) is 2.76. The van der Waals surface area contributed by atoms with Gasteiger partial charge in [0, 0.05) is 14.2 Å². The van der Waals surface area contributed by atoms with Crippen LogP contribution in [0.25, 0.3) is 0 Å². The highest BCUT2D eigenvalue weighted by atomic mass is 127. The molecule has 0 amide bonds. The first-order valence-corrected chi connectivity index (χ1v) is 7.72. The average molecular weight is 427 g/mol. The number of hydrogen-bond donors (Lipinski definition) is 0. The van der Waals surface area contributed by atoms with Crippen LogP contribution in [0.3, 0.4) is 0 Å². The zero-order valence-corrected chi connectivity index (χ0v) is 14.4. The van der Waals surface area contributed by atoms with E-state index in [4.69, 9.17) is 39.5 Å². The van der Waals surface area contributed by atoms with Crippen molar-refractivity contribution in [2.75, 3.05) is 7.11 Å². The molecule has 2 aromatic rings. The third-order valence-electron chi connectivity index (χ3n) is 2.70. The summed E-state index contributed by atoms with van der Waals surface area (Å²) in [4.78, 5) is 0. The first kappa shape index (κ1) is 15.2. The summed E-state index contributed by atoms with van der Waals surface area (Å²) in [7, 11) is 1.61. The maximum absolute atomic E-state index is 6.51. The second kappa shape index (κ2) is 6.53. The van der Waals surface area contributed by atoms with Crippen molar-refractivity contribution in [1.82, 2.24) is 0 Å². The van der Waals surface area contributed by atoms with Crippen LogP contribution >= 0.6 is 57.4 Å². The molecule has 0 saturated heterocycles. The van der Waals surface area contributed by atoms with E-state index in [0.717, 1.165) is 14.7 Å². The molecule has 0 aliphatic heterocycles. The monoisotopic (exact) mass is 426 g/mol. The van der Waals surface area contributed by atoms with E-state index in [1.165, 1.54) is 0 Å². The second-order valence-electron chi connectivity index (χ2n) is 3.92. The largest absolute Gasteiger partial charge is 0.496 e. The van der Waals surface area contributed by atoms with Crippen LogP contribution in [0, 0.1) is 3.57 Å². The minimum atomic E-state index is -0.358. The lowest BCUT2D eigenvalue weighted by Gasteiger charge is -2.15. The van der Waals surface area contributed by atoms with Gasteiger partial charge < -0.3 is 4.74 Å². The van der Waals surface area contributed by atoms with E-state index in [-0.39, 0.29) is 5.38 Å². The number of rotatable bonds is 3. The smallest absolute Gasteiger partial charge is 0.123 e. The third-order valence-corrected chi connectivity index (χ3v) is 5.00. The van der Waals surface area contributed by atoms with Crippen LogP contribution < -0.4 is 4.74 Å². The molecular weight excluding hydrogens is 417 g/mol. The lowest BCUT2D eigenvalue weighted by atomic mass is 10.0. The molecule has 5 heteroatoms. The van der Waals surface area contributed by atoms with Crippen molar-refractivity contribution >= 4 is 57.4 Å². The minimum absolute atomic E-state index is 0.358. The summed E-state index contributed by atoms with van der Waals surface area (Å²) in [6.45, 7) is 0. The molecule has 1 nitrogen and oxygen atoms in total. The van der Waals surface area contributed by atoms with Crippen molar-refractivity contribution in [3.05, 3.63) is 61.1 Å². The molecule has 2 aromatic carbocycles. The van der Waals surface area contributed by atoms with Gasteiger partial charge in [-0.15, -0.1) is 11.6 Å². The van der Waals surface area contributed by atoms with Crippen LogP contribution in [0.2, 0.25) is 10.0 Å². The van der Waals surface area contributed by atoms with Gasteiger partial charge in [0.2, 0.25) is 0 Å². The van der Waals surface area contributed by atoms with Crippen molar-refractivity contribution in [3.63, 3.8) is 0 Å². The van der Waals surface area contributed by atoms with Gasteiger partial charge in [0.1, 0.15) is 5.75 Å². The van der Waals surface area contributed by atoms with Gasteiger partial charge >= 0.3 is 0 Å². The molecule has 0 N–H and O–H groups in total. The highest BCUT2D eigenvalue weighted by Crippen LogP contribution is 2.37. The Hall–Kier alpha value is -0.160. The van der Waals surface area contributed by atoms with Gasteiger partial charge in [0.05, 0.1) is 17.5 Å². The molecule has 0 aliphatic rings. The average Bonchev–Trinajstić information content (AvgIpc) is 2.41. The predicted octanol–water partition coefficient (Wildman–Crippen LogP) is 5.93. The summed E-state index contributed by atoms with van der Waals surface area (Å²) in [6.07, 6.45) is 0. The van der Waals surface area contributed by atoms with E-state index in [9.17, 15) is 0 Å². The Kier molecular flexibility index (Phi) is 5.23. The van der Waals surface area contributed by atoms with Crippen molar-refractivity contribution in [2.45, 2.75) is 5.38 Å². The third kappa shape index (κ3) is 3.48. The first-order chi connectivity index (χ1) is 9.02. The van der Waals surface area contributed by atoms with Gasteiger partial charge in [-0.05, 0) is 58.5 Å². The van der Waals surface area contributed by atoms with Crippen molar-refractivity contribution in [3.8, 4) is 5.75 Å². The molecule has 0 saturated carbocycles. The topological polar surface area (TPSA) is 9.23 Å². The van der Waals surface area contributed by atoms with E-state index in [1.54, 1.807) is 19.2 Å². The predicted molar refractivity (Wildman–Crippen MR) is 89.9 cm³/mol. The number of benzene rings is 2. The normalized spacial score (nSPS) is 12.3. The van der Waals surface area contributed by atoms with Gasteiger partial charge in [-0.25, -0.2) is 0 Å². The number of alkyl halides is 1. The molecule has 0 aromatic heterocycles. The summed E-state index contributed by atoms with van der Waals surface area (Å²) in [5, 5.41) is 0.950. The molecule has 0 radical (unpaired) electrons. The molecular formula is C14H10Cl3IO. The number of hydrogen-bond acceptors (Lipinski definition) is 1. The van der Waals surface area contributed by atoms with Crippen molar-refractivity contribution in [1.29, 1.82) is 0 Å². The maximum Gasteiger partial charge on any atom is 0.123 e. The molecule has 2 rings (SSSR count). The molecule has 0 bridgehead atoms. The second-order valence-corrected chi connectivity index (χ2v) is 6.36. The Labute approximate surface area is 141 Å². The molecule has 0 fully saturated rings. The van der Waals surface area contributed by atoms with E-state index in [1.807, 2.05) is 24.3 Å². The van der Waals surface area contributed by atoms with Crippen LogP contribution in [-0.2, 0) is 0 Å². The lowest BCUT2D eigenvalue weighted by molar-refractivity contribution is 0.410. The number of ether oxygens (including phenoxy) is 1. The van der Waals surface area contributed by atoms with Crippen LogP contribution in [0.4, 0.5) is 0 Å². The quantitative estimate of drug-likeness (QED) is 0.435. The molecule has 1 atom stereocenters. The summed E-state index contributed by atoms with van der Waals surface area (Å²) in [6, 6.07) is 11.1. The zero-order chi connectivity index (χ0) is 14.0. The van der Waals surface area contributed by atoms with Crippen LogP contribution in [0.15, 0.2) is 36.4 Å². The van der Waals surface area contributed by atoms with E-state index in [2.05, 4.69) is 22.6 Å². The van der Waals surface area contributed by atoms with Crippen LogP contribution in [0.5, 0.6) is 5.75 Å². The standard InChI is InChI=1S/C14H10Cl3IO/c1-19-13-5-3-9(15)7-10(13)14(17)8-2-4-12(18)11(16)6-8/h2-7,14H,1H3. The van der Waals surface area contributed by atoms with Crippen molar-refractivity contribution < 1.29 is 4.74 Å². The Balaban J connectivity index is 2.45. The number of methoxy groups -OCH3 is 1. The highest BCUT2D eigenvalue weighted by Gasteiger charge is 2.17. The van der Waals surface area contributed by atoms with E-state index >= 15 is 0 Å². The summed E-state index contributed by atoms with van der Waals surface area (Å²) < 4.78 is 6.31. The van der Waals surface area contributed by atoms with Crippen LogP contribution in [-0.4, -0.2) is 7.11 Å². The molecule has 0 spiro atoms. The van der Waals surface area contributed by atoms with Gasteiger partial charge in [0.25, 0.3) is 0 Å². The Morgan fingerprint density at radius 2 is 1.84 bits per heavy atom. The van der Waals surface area contributed by atoms with Gasteiger partial charge in [-0.1, -0.05) is 29.3 Å². The van der Waals surface area contributed by atoms with E-state index < -0.39 is 0 Å². The SMILES string of the molecule is COc1ccc(Cl)cc1C(Cl)c1ccc(I)c(Cl)c1. The molecule has 100 valence electrons. The molecule has 0 aliphatic carbocycles.